The maximum Gasteiger partial charge on any atom is 0.264 e. The summed E-state index contributed by atoms with van der Waals surface area (Å²) >= 11 is 0. The van der Waals surface area contributed by atoms with E-state index in [1.807, 2.05) is 19.9 Å². The van der Waals surface area contributed by atoms with Crippen molar-refractivity contribution < 1.29 is 8.78 Å². The van der Waals surface area contributed by atoms with Crippen molar-refractivity contribution in [2.75, 3.05) is 0 Å². The molecule has 0 N–H and O–H groups in total. The van der Waals surface area contributed by atoms with Crippen LogP contribution in [0.15, 0.2) is 24.4 Å². The predicted octanol–water partition coefficient (Wildman–Crippen LogP) is 3.54. The van der Waals surface area contributed by atoms with E-state index in [-0.39, 0.29) is 11.5 Å². The SMILES string of the molecule is CC(C)c1ccc(-c2cn(C)nn2)c(C(F)F)c1. The first-order chi connectivity index (χ1) is 8.49. The third kappa shape index (κ3) is 2.39. The Morgan fingerprint density at radius 1 is 1.22 bits per heavy atom. The quantitative estimate of drug-likeness (QED) is 0.835. The summed E-state index contributed by atoms with van der Waals surface area (Å²) in [4.78, 5) is 0. The molecule has 0 atom stereocenters. The van der Waals surface area contributed by atoms with Crippen molar-refractivity contribution in [2.24, 2.45) is 7.05 Å². The molecule has 0 aliphatic heterocycles. The molecule has 0 saturated carbocycles. The van der Waals surface area contributed by atoms with Crippen LogP contribution >= 0.6 is 0 Å². The van der Waals surface area contributed by atoms with Crippen LogP contribution in [0.2, 0.25) is 0 Å². The molecule has 0 fully saturated rings. The Labute approximate surface area is 104 Å². The van der Waals surface area contributed by atoms with Gasteiger partial charge < -0.3 is 0 Å². The van der Waals surface area contributed by atoms with Crippen molar-refractivity contribution in [3.63, 3.8) is 0 Å². The van der Waals surface area contributed by atoms with E-state index in [9.17, 15) is 8.78 Å². The maximum atomic E-state index is 13.1. The monoisotopic (exact) mass is 251 g/mol. The second kappa shape index (κ2) is 4.84. The van der Waals surface area contributed by atoms with E-state index in [0.29, 0.717) is 11.3 Å². The molecule has 5 heteroatoms. The topological polar surface area (TPSA) is 30.7 Å². The minimum Gasteiger partial charge on any atom is -0.255 e. The summed E-state index contributed by atoms with van der Waals surface area (Å²) in [5.41, 5.74) is 1.84. The summed E-state index contributed by atoms with van der Waals surface area (Å²) in [6.07, 6.45) is -0.878. The van der Waals surface area contributed by atoms with Crippen LogP contribution in [0, 0.1) is 0 Å². The largest absolute Gasteiger partial charge is 0.264 e. The predicted molar refractivity (Wildman–Crippen MR) is 65.5 cm³/mol. The van der Waals surface area contributed by atoms with Gasteiger partial charge in [-0.1, -0.05) is 31.2 Å². The molecule has 0 amide bonds. The van der Waals surface area contributed by atoms with Crippen LogP contribution in [0.25, 0.3) is 11.3 Å². The van der Waals surface area contributed by atoms with Crippen molar-refractivity contribution in [3.05, 3.63) is 35.5 Å². The normalized spacial score (nSPS) is 11.5. The number of aromatic nitrogens is 3. The summed E-state index contributed by atoms with van der Waals surface area (Å²) in [6, 6.07) is 5.11. The highest BCUT2D eigenvalue weighted by Gasteiger charge is 2.17. The molecule has 96 valence electrons. The molecule has 1 aromatic heterocycles. The molecule has 1 heterocycles. The van der Waals surface area contributed by atoms with Gasteiger partial charge in [0, 0.05) is 18.2 Å². The average molecular weight is 251 g/mol. The first-order valence-electron chi connectivity index (χ1n) is 5.77. The van der Waals surface area contributed by atoms with Gasteiger partial charge in [-0.3, -0.25) is 4.68 Å². The van der Waals surface area contributed by atoms with Crippen molar-refractivity contribution >= 4 is 0 Å². The van der Waals surface area contributed by atoms with Crippen molar-refractivity contribution in [3.8, 4) is 11.3 Å². The Morgan fingerprint density at radius 2 is 1.94 bits per heavy atom. The number of aryl methyl sites for hydroxylation is 1. The lowest BCUT2D eigenvalue weighted by Gasteiger charge is -2.11. The van der Waals surface area contributed by atoms with Gasteiger partial charge in [0.05, 0.1) is 6.20 Å². The van der Waals surface area contributed by atoms with Crippen molar-refractivity contribution in [1.29, 1.82) is 0 Å². The van der Waals surface area contributed by atoms with Crippen molar-refractivity contribution in [2.45, 2.75) is 26.2 Å². The Kier molecular flexibility index (Phi) is 3.41. The lowest BCUT2D eigenvalue weighted by atomic mass is 9.96. The standard InChI is InChI=1S/C13H15F2N3/c1-8(2)9-4-5-10(11(6-9)13(14)15)12-7-18(3)17-16-12/h4-8,13H,1-3H3. The fraction of sp³-hybridized carbons (Fsp3) is 0.385. The highest BCUT2D eigenvalue weighted by atomic mass is 19.3. The number of hydrogen-bond acceptors (Lipinski definition) is 2. The number of rotatable bonds is 3. The molecule has 18 heavy (non-hydrogen) atoms. The van der Waals surface area contributed by atoms with E-state index in [1.54, 1.807) is 25.4 Å². The fourth-order valence-electron chi connectivity index (χ4n) is 1.82. The summed E-state index contributed by atoms with van der Waals surface area (Å²) in [5, 5.41) is 7.66. The molecule has 0 aliphatic rings. The molecule has 3 nitrogen and oxygen atoms in total. The summed E-state index contributed by atoms with van der Waals surface area (Å²) in [7, 11) is 1.71. The van der Waals surface area contributed by atoms with E-state index in [2.05, 4.69) is 10.3 Å². The van der Waals surface area contributed by atoms with Gasteiger partial charge in [0.2, 0.25) is 0 Å². The molecule has 0 unspecified atom stereocenters. The summed E-state index contributed by atoms with van der Waals surface area (Å²) in [6.45, 7) is 3.96. The van der Waals surface area contributed by atoms with Crippen LogP contribution < -0.4 is 0 Å². The number of alkyl halides is 2. The molecule has 0 aliphatic carbocycles. The maximum absolute atomic E-state index is 13.1. The Hall–Kier alpha value is -1.78. The minimum atomic E-state index is -2.51. The number of nitrogens with zero attached hydrogens (tertiary/aromatic N) is 3. The molecular formula is C13H15F2N3. The Morgan fingerprint density at radius 3 is 2.44 bits per heavy atom. The van der Waals surface area contributed by atoms with E-state index < -0.39 is 6.43 Å². The molecule has 2 rings (SSSR count). The third-order valence-corrected chi connectivity index (χ3v) is 2.86. The molecule has 1 aromatic carbocycles. The molecule has 0 radical (unpaired) electrons. The van der Waals surface area contributed by atoms with Gasteiger partial charge in [0.15, 0.2) is 0 Å². The van der Waals surface area contributed by atoms with Gasteiger partial charge in [0.1, 0.15) is 5.69 Å². The highest BCUT2D eigenvalue weighted by Crippen LogP contribution is 2.32. The lowest BCUT2D eigenvalue weighted by molar-refractivity contribution is 0.152. The van der Waals surface area contributed by atoms with E-state index in [1.165, 1.54) is 4.68 Å². The smallest absolute Gasteiger partial charge is 0.255 e. The van der Waals surface area contributed by atoms with Crippen LogP contribution in [0.5, 0.6) is 0 Å². The molecule has 2 aromatic rings. The fourth-order valence-corrected chi connectivity index (χ4v) is 1.82. The first kappa shape index (κ1) is 12.7. The third-order valence-electron chi connectivity index (χ3n) is 2.86. The van der Waals surface area contributed by atoms with Gasteiger partial charge in [0.25, 0.3) is 6.43 Å². The van der Waals surface area contributed by atoms with E-state index in [0.717, 1.165) is 5.56 Å². The van der Waals surface area contributed by atoms with Gasteiger partial charge in [-0.05, 0) is 17.5 Å². The van der Waals surface area contributed by atoms with E-state index >= 15 is 0 Å². The lowest BCUT2D eigenvalue weighted by Crippen LogP contribution is -1.95. The number of halogens is 2. The average Bonchev–Trinajstić information content (AvgIpc) is 2.74. The van der Waals surface area contributed by atoms with Crippen LogP contribution in [-0.4, -0.2) is 15.0 Å². The number of hydrogen-bond donors (Lipinski definition) is 0. The van der Waals surface area contributed by atoms with Crippen LogP contribution in [0.1, 0.15) is 37.3 Å². The minimum absolute atomic E-state index is 0.0155. The summed E-state index contributed by atoms with van der Waals surface area (Å²) in [5.74, 6) is 0.221. The zero-order chi connectivity index (χ0) is 13.3. The zero-order valence-electron chi connectivity index (χ0n) is 10.6. The molecular weight excluding hydrogens is 236 g/mol. The first-order valence-corrected chi connectivity index (χ1v) is 5.77. The van der Waals surface area contributed by atoms with Crippen LogP contribution in [0.4, 0.5) is 8.78 Å². The van der Waals surface area contributed by atoms with Gasteiger partial charge in [-0.25, -0.2) is 8.78 Å². The van der Waals surface area contributed by atoms with Gasteiger partial charge in [-0.2, -0.15) is 0 Å². The van der Waals surface area contributed by atoms with Gasteiger partial charge in [-0.15, -0.1) is 5.10 Å². The number of benzene rings is 1. The van der Waals surface area contributed by atoms with Crippen LogP contribution in [0.3, 0.4) is 0 Å². The second-order valence-electron chi connectivity index (χ2n) is 4.58. The van der Waals surface area contributed by atoms with E-state index in [4.69, 9.17) is 0 Å². The zero-order valence-corrected chi connectivity index (χ0v) is 10.6. The molecule has 0 saturated heterocycles. The Balaban J connectivity index is 2.53. The molecule has 0 spiro atoms. The molecule has 0 bridgehead atoms. The Bertz CT molecular complexity index is 547. The van der Waals surface area contributed by atoms with Gasteiger partial charge >= 0.3 is 0 Å². The van der Waals surface area contributed by atoms with Crippen molar-refractivity contribution in [1.82, 2.24) is 15.0 Å². The van der Waals surface area contributed by atoms with Crippen LogP contribution in [-0.2, 0) is 7.05 Å². The second-order valence-corrected chi connectivity index (χ2v) is 4.58. The highest BCUT2D eigenvalue weighted by molar-refractivity contribution is 5.63. The summed E-state index contributed by atoms with van der Waals surface area (Å²) < 4.78 is 27.7.